The van der Waals surface area contributed by atoms with Gasteiger partial charge in [-0.05, 0) is 60.1 Å². The Morgan fingerprint density at radius 3 is 2.09 bits per heavy atom. The quantitative estimate of drug-likeness (QED) is 0.304. The summed E-state index contributed by atoms with van der Waals surface area (Å²) < 4.78 is 0. The summed E-state index contributed by atoms with van der Waals surface area (Å²) in [6.45, 7) is 25.5. The van der Waals surface area contributed by atoms with E-state index in [9.17, 15) is 0 Å². The van der Waals surface area contributed by atoms with Crippen molar-refractivity contribution in [2.75, 3.05) is 5.32 Å². The molecule has 0 heterocycles. The van der Waals surface area contributed by atoms with Gasteiger partial charge in [-0.15, -0.1) is 0 Å². The van der Waals surface area contributed by atoms with Crippen LogP contribution in [0, 0.1) is 5.92 Å². The molecule has 0 atom stereocenters. The second-order valence-corrected chi connectivity index (χ2v) is 7.68. The van der Waals surface area contributed by atoms with Gasteiger partial charge in [0.15, 0.2) is 0 Å². The van der Waals surface area contributed by atoms with Gasteiger partial charge in [-0.25, -0.2) is 0 Å². The first-order chi connectivity index (χ1) is 15.4. The highest BCUT2D eigenvalue weighted by atomic mass is 15.3. The molecule has 0 saturated heterocycles. The van der Waals surface area contributed by atoms with E-state index in [4.69, 9.17) is 0 Å². The minimum absolute atomic E-state index is 0.833. The van der Waals surface area contributed by atoms with Gasteiger partial charge in [0.1, 0.15) is 0 Å². The van der Waals surface area contributed by atoms with E-state index in [2.05, 4.69) is 119 Å². The first-order valence-electron chi connectivity index (χ1n) is 11.8. The summed E-state index contributed by atoms with van der Waals surface area (Å²) in [5.74, 6) is 0.833. The third-order valence-electron chi connectivity index (χ3n) is 3.91. The largest absolute Gasteiger partial charge is 0.356 e. The summed E-state index contributed by atoms with van der Waals surface area (Å²) in [6, 6.07) is 17.2. The van der Waals surface area contributed by atoms with Crippen molar-refractivity contribution in [2.45, 2.75) is 74.1 Å². The zero-order valence-electron chi connectivity index (χ0n) is 21.7. The molecule has 0 aliphatic carbocycles. The third-order valence-corrected chi connectivity index (χ3v) is 3.91. The van der Waals surface area contributed by atoms with Gasteiger partial charge in [0.05, 0.1) is 0 Å². The van der Waals surface area contributed by atoms with Gasteiger partial charge in [0.25, 0.3) is 0 Å². The lowest BCUT2D eigenvalue weighted by Gasteiger charge is -2.12. The molecular weight excluding hydrogens is 390 g/mol. The van der Waals surface area contributed by atoms with Crippen LogP contribution in [-0.2, 0) is 12.8 Å². The first kappa shape index (κ1) is 31.4. The van der Waals surface area contributed by atoms with Crippen molar-refractivity contribution >= 4 is 18.1 Å². The topological polar surface area (TPSA) is 36.4 Å². The third kappa shape index (κ3) is 16.9. The smallest absolute Gasteiger partial charge is 0.0386 e. The molecule has 3 nitrogen and oxygen atoms in total. The van der Waals surface area contributed by atoms with Crippen molar-refractivity contribution in [1.29, 1.82) is 0 Å². The molecule has 0 unspecified atom stereocenters. The van der Waals surface area contributed by atoms with Crippen LogP contribution in [0.15, 0.2) is 73.0 Å². The van der Waals surface area contributed by atoms with E-state index in [0.29, 0.717) is 0 Å². The van der Waals surface area contributed by atoms with Crippen molar-refractivity contribution in [3.63, 3.8) is 0 Å². The van der Waals surface area contributed by atoms with Gasteiger partial charge >= 0.3 is 0 Å². The molecule has 2 aromatic rings. The van der Waals surface area contributed by atoms with Crippen molar-refractivity contribution in [3.05, 3.63) is 84.6 Å². The van der Waals surface area contributed by atoms with Crippen LogP contribution >= 0.6 is 0 Å². The molecule has 178 valence electrons. The molecule has 2 N–H and O–H groups in total. The lowest BCUT2D eigenvalue weighted by atomic mass is 10.1. The number of aryl methyl sites for hydroxylation is 2. The maximum Gasteiger partial charge on any atom is 0.0386 e. The molecule has 2 aromatic carbocycles. The van der Waals surface area contributed by atoms with Gasteiger partial charge in [-0.2, -0.15) is 5.10 Å². The Balaban J connectivity index is 0. The standard InChI is InChI=1S/C20H25N.C4H10.C3H6N2.C2H6/c1-4-6-9-18-11-8-13-20(15-18)21-16(3)19-12-7-10-17(5-2)14-19;1-4(2)3;1-3-5-4-2;1-2/h7-8,10-15,21H,3-6,9H2,1-2H3;4H,1-3H3;3,5H,1-2H2;1-2H3. The highest BCUT2D eigenvalue weighted by Gasteiger charge is 2.02. The number of hydrogen-bond donors (Lipinski definition) is 2. The highest BCUT2D eigenvalue weighted by molar-refractivity contribution is 5.75. The number of anilines is 1. The molecule has 0 saturated carbocycles. The molecule has 0 amide bonds. The maximum atomic E-state index is 4.18. The number of hydrazone groups is 1. The van der Waals surface area contributed by atoms with E-state index in [1.165, 1.54) is 30.2 Å². The van der Waals surface area contributed by atoms with Crippen LogP contribution in [-0.4, -0.2) is 6.72 Å². The molecule has 2 rings (SSSR count). The normalized spacial score (nSPS) is 9.00. The monoisotopic (exact) mass is 437 g/mol. The molecule has 0 spiro atoms. The average Bonchev–Trinajstić information content (AvgIpc) is 2.80. The summed E-state index contributed by atoms with van der Waals surface area (Å²) in [5.41, 5.74) is 8.35. The molecule has 0 fully saturated rings. The summed E-state index contributed by atoms with van der Waals surface area (Å²) in [4.78, 5) is 0. The number of nitrogens with zero attached hydrogens (tertiary/aromatic N) is 1. The van der Waals surface area contributed by atoms with Crippen molar-refractivity contribution in [3.8, 4) is 0 Å². The van der Waals surface area contributed by atoms with E-state index in [1.54, 1.807) is 0 Å². The van der Waals surface area contributed by atoms with E-state index in [-0.39, 0.29) is 0 Å². The Kier molecular flexibility index (Phi) is 21.0. The van der Waals surface area contributed by atoms with Crippen molar-refractivity contribution < 1.29 is 0 Å². The van der Waals surface area contributed by atoms with Gasteiger partial charge in [0, 0.05) is 24.3 Å². The minimum atomic E-state index is 0.833. The number of rotatable bonds is 9. The Morgan fingerprint density at radius 1 is 1.00 bits per heavy atom. The fourth-order valence-corrected chi connectivity index (χ4v) is 2.48. The summed E-state index contributed by atoms with van der Waals surface area (Å²) in [5, 5.41) is 6.67. The van der Waals surface area contributed by atoms with Crippen LogP contribution in [0.25, 0.3) is 5.70 Å². The number of unbranched alkanes of at least 4 members (excludes halogenated alkanes) is 1. The fraction of sp³-hybridized carbons (Fsp3) is 0.414. The Labute approximate surface area is 198 Å². The Morgan fingerprint density at radius 2 is 1.59 bits per heavy atom. The van der Waals surface area contributed by atoms with Crippen LogP contribution < -0.4 is 10.7 Å². The zero-order valence-corrected chi connectivity index (χ0v) is 21.7. The van der Waals surface area contributed by atoms with Gasteiger partial charge < -0.3 is 5.32 Å². The van der Waals surface area contributed by atoms with E-state index in [0.717, 1.165) is 35.7 Å². The Hall–Kier alpha value is -2.81. The average molecular weight is 438 g/mol. The van der Waals surface area contributed by atoms with Gasteiger partial charge in [-0.3, -0.25) is 5.43 Å². The van der Waals surface area contributed by atoms with Crippen LogP contribution in [0.1, 0.15) is 78.0 Å². The SMILES string of the molecule is C=C(Nc1cccc(CCCC)c1)c1cccc(CC)c1.C=CNN=C.CC.CC(C)C. The number of nitrogens with one attached hydrogen (secondary N) is 2. The molecule has 0 aromatic heterocycles. The molecule has 32 heavy (non-hydrogen) atoms. The van der Waals surface area contributed by atoms with Crippen LogP contribution in [0.4, 0.5) is 5.69 Å². The molecule has 0 aliphatic rings. The van der Waals surface area contributed by atoms with E-state index >= 15 is 0 Å². The van der Waals surface area contributed by atoms with Crippen molar-refractivity contribution in [1.82, 2.24) is 5.43 Å². The molecular formula is C29H47N3. The molecule has 0 bridgehead atoms. The van der Waals surface area contributed by atoms with Crippen molar-refractivity contribution in [2.24, 2.45) is 11.0 Å². The second kappa shape index (κ2) is 21.4. The van der Waals surface area contributed by atoms with Crippen LogP contribution in [0.2, 0.25) is 0 Å². The van der Waals surface area contributed by atoms with Gasteiger partial charge in [0.2, 0.25) is 0 Å². The minimum Gasteiger partial charge on any atom is -0.356 e. The number of hydrogen-bond acceptors (Lipinski definition) is 3. The maximum absolute atomic E-state index is 4.18. The number of benzene rings is 2. The molecule has 3 heteroatoms. The highest BCUT2D eigenvalue weighted by Crippen LogP contribution is 2.20. The lowest BCUT2D eigenvalue weighted by molar-refractivity contribution is 0.737. The predicted octanol–water partition coefficient (Wildman–Crippen LogP) is 8.70. The summed E-state index contributed by atoms with van der Waals surface area (Å²) in [6.07, 6.45) is 6.11. The predicted molar refractivity (Wildman–Crippen MR) is 148 cm³/mol. The molecule has 0 aliphatic heterocycles. The van der Waals surface area contributed by atoms with E-state index < -0.39 is 0 Å². The summed E-state index contributed by atoms with van der Waals surface area (Å²) >= 11 is 0. The Bertz CT molecular complexity index is 739. The van der Waals surface area contributed by atoms with Crippen LogP contribution in [0.3, 0.4) is 0 Å². The first-order valence-corrected chi connectivity index (χ1v) is 11.8. The van der Waals surface area contributed by atoms with Crippen LogP contribution in [0.5, 0.6) is 0 Å². The van der Waals surface area contributed by atoms with Gasteiger partial charge in [-0.1, -0.05) is 98.4 Å². The van der Waals surface area contributed by atoms with E-state index in [1.807, 2.05) is 13.8 Å². The summed E-state index contributed by atoms with van der Waals surface area (Å²) in [7, 11) is 0. The molecule has 0 radical (unpaired) electrons. The zero-order chi connectivity index (χ0) is 24.8. The fourth-order valence-electron chi connectivity index (χ4n) is 2.48. The lowest BCUT2D eigenvalue weighted by Crippen LogP contribution is -1.98. The second-order valence-electron chi connectivity index (χ2n) is 7.68.